The Balaban J connectivity index is 1.63. The van der Waals surface area contributed by atoms with Crippen molar-refractivity contribution in [1.29, 1.82) is 0 Å². The normalized spacial score (nSPS) is 19.3. The molecule has 1 N–H and O–H groups in total. The van der Waals surface area contributed by atoms with Crippen LogP contribution in [0.5, 0.6) is 5.75 Å². The number of methoxy groups -OCH3 is 1. The third kappa shape index (κ3) is 4.08. The molecule has 2 atom stereocenters. The number of nitrogens with one attached hydrogen (secondary N) is 1. The maximum Gasteiger partial charge on any atom is 0.225 e. The van der Waals surface area contributed by atoms with Crippen LogP contribution in [0.2, 0.25) is 5.02 Å². The molecule has 0 aliphatic carbocycles. The summed E-state index contributed by atoms with van der Waals surface area (Å²) in [6, 6.07) is 13.3. The standard InChI is InChI=1S/C25H27ClN6O2/c1-15-29-30-25-21(13-23(33)31-11-10-18(14-31)27-2)28-24(16-4-6-17(26)7-5-16)20-12-19(34-3)8-9-22(20)32(15)25/h4-9,12,18,21,27H,10-11,13-14H2,1-3H3/t18?,21-/m0/s1. The quantitative estimate of drug-likeness (QED) is 0.608. The summed E-state index contributed by atoms with van der Waals surface area (Å²) in [4.78, 5) is 20.3. The predicted molar refractivity (Wildman–Crippen MR) is 131 cm³/mol. The summed E-state index contributed by atoms with van der Waals surface area (Å²) in [7, 11) is 3.58. The Kier molecular flexibility index (Phi) is 6.10. The van der Waals surface area contributed by atoms with E-state index >= 15 is 0 Å². The Bertz CT molecular complexity index is 1250. The number of rotatable bonds is 5. The maximum absolute atomic E-state index is 13.3. The molecule has 5 rings (SSSR count). The zero-order valence-electron chi connectivity index (χ0n) is 19.5. The second-order valence-electron chi connectivity index (χ2n) is 8.64. The van der Waals surface area contributed by atoms with Gasteiger partial charge >= 0.3 is 0 Å². The molecular formula is C25H27ClN6O2. The van der Waals surface area contributed by atoms with Crippen molar-refractivity contribution < 1.29 is 9.53 Å². The van der Waals surface area contributed by atoms with Gasteiger partial charge in [-0.2, -0.15) is 0 Å². The van der Waals surface area contributed by atoms with Gasteiger partial charge in [-0.15, -0.1) is 10.2 Å². The molecule has 1 fully saturated rings. The molecule has 0 radical (unpaired) electrons. The molecule has 2 aromatic carbocycles. The lowest BCUT2D eigenvalue weighted by atomic mass is 10.00. The first-order valence-corrected chi connectivity index (χ1v) is 11.8. The van der Waals surface area contributed by atoms with Crippen molar-refractivity contribution in [3.8, 4) is 11.4 Å². The van der Waals surface area contributed by atoms with Crippen LogP contribution in [0.25, 0.3) is 5.69 Å². The van der Waals surface area contributed by atoms with Crippen LogP contribution < -0.4 is 10.1 Å². The SMILES string of the molecule is CNC1CCN(C(=O)C[C@@H]2N=C(c3ccc(Cl)cc3)c3cc(OC)ccc3-n3c(C)nnc32)C1. The van der Waals surface area contributed by atoms with E-state index in [0.717, 1.165) is 47.1 Å². The third-order valence-electron chi connectivity index (χ3n) is 6.57. The second kappa shape index (κ2) is 9.19. The molecule has 1 aromatic heterocycles. The summed E-state index contributed by atoms with van der Waals surface area (Å²) in [6.45, 7) is 3.36. The average Bonchev–Trinajstić information content (AvgIpc) is 3.46. The number of nitrogens with zero attached hydrogens (tertiary/aromatic N) is 5. The van der Waals surface area contributed by atoms with E-state index in [1.807, 2.05) is 65.9 Å². The molecule has 0 saturated carbocycles. The van der Waals surface area contributed by atoms with Crippen molar-refractivity contribution in [2.45, 2.75) is 31.8 Å². The number of aromatic nitrogens is 3. The molecule has 9 heteroatoms. The first-order chi connectivity index (χ1) is 16.5. The minimum Gasteiger partial charge on any atom is -0.497 e. The number of fused-ring (bicyclic) bond motifs is 3. The van der Waals surface area contributed by atoms with Crippen molar-refractivity contribution in [1.82, 2.24) is 25.0 Å². The third-order valence-corrected chi connectivity index (χ3v) is 6.82. The van der Waals surface area contributed by atoms with Crippen LogP contribution in [0.1, 0.15) is 41.7 Å². The fourth-order valence-corrected chi connectivity index (χ4v) is 4.82. The second-order valence-corrected chi connectivity index (χ2v) is 9.08. The molecular weight excluding hydrogens is 452 g/mol. The van der Waals surface area contributed by atoms with Crippen LogP contribution in [-0.2, 0) is 4.79 Å². The number of likely N-dealkylation sites (N-methyl/N-ethyl adjacent to an activating group) is 1. The Labute approximate surface area is 203 Å². The van der Waals surface area contributed by atoms with Gasteiger partial charge in [0, 0.05) is 35.3 Å². The number of amides is 1. The van der Waals surface area contributed by atoms with Crippen LogP contribution in [0, 0.1) is 6.92 Å². The highest BCUT2D eigenvalue weighted by molar-refractivity contribution is 6.30. The van der Waals surface area contributed by atoms with E-state index < -0.39 is 6.04 Å². The van der Waals surface area contributed by atoms with E-state index in [0.29, 0.717) is 23.4 Å². The largest absolute Gasteiger partial charge is 0.497 e. The number of carbonyl (C=O) groups is 1. The Hall–Kier alpha value is -3.23. The fourth-order valence-electron chi connectivity index (χ4n) is 4.69. The van der Waals surface area contributed by atoms with E-state index in [2.05, 4.69) is 15.5 Å². The molecule has 1 amide bonds. The smallest absolute Gasteiger partial charge is 0.225 e. The zero-order chi connectivity index (χ0) is 23.8. The lowest BCUT2D eigenvalue weighted by Gasteiger charge is -2.19. The lowest BCUT2D eigenvalue weighted by molar-refractivity contribution is -0.130. The fraction of sp³-hybridized carbons (Fsp3) is 0.360. The summed E-state index contributed by atoms with van der Waals surface area (Å²) in [5.74, 6) is 2.18. The highest BCUT2D eigenvalue weighted by atomic mass is 35.5. The lowest BCUT2D eigenvalue weighted by Crippen LogP contribution is -2.34. The van der Waals surface area contributed by atoms with Gasteiger partial charge in [-0.05, 0) is 50.7 Å². The van der Waals surface area contributed by atoms with Crippen LogP contribution in [0.3, 0.4) is 0 Å². The minimum atomic E-state index is -0.480. The van der Waals surface area contributed by atoms with Gasteiger partial charge in [0.15, 0.2) is 5.82 Å². The molecule has 8 nitrogen and oxygen atoms in total. The van der Waals surface area contributed by atoms with Gasteiger partial charge in [-0.3, -0.25) is 14.4 Å². The number of likely N-dealkylation sites (tertiary alicyclic amines) is 1. The van der Waals surface area contributed by atoms with E-state index in [1.165, 1.54) is 0 Å². The van der Waals surface area contributed by atoms with Gasteiger partial charge in [0.1, 0.15) is 17.6 Å². The molecule has 3 aromatic rings. The molecule has 3 heterocycles. The van der Waals surface area contributed by atoms with Gasteiger partial charge in [0.2, 0.25) is 5.91 Å². The number of benzene rings is 2. The predicted octanol–water partition coefficient (Wildman–Crippen LogP) is 3.34. The summed E-state index contributed by atoms with van der Waals surface area (Å²) >= 11 is 6.16. The topological polar surface area (TPSA) is 84.6 Å². The number of hydrogen-bond donors (Lipinski definition) is 1. The Morgan fingerprint density at radius 2 is 2.00 bits per heavy atom. The van der Waals surface area contributed by atoms with Crippen molar-refractivity contribution in [2.75, 3.05) is 27.2 Å². The molecule has 0 spiro atoms. The van der Waals surface area contributed by atoms with Gasteiger partial charge in [0.05, 0.1) is 24.9 Å². The van der Waals surface area contributed by atoms with E-state index in [-0.39, 0.29) is 12.3 Å². The Morgan fingerprint density at radius 1 is 1.21 bits per heavy atom. The van der Waals surface area contributed by atoms with Crippen LogP contribution >= 0.6 is 11.6 Å². The van der Waals surface area contributed by atoms with Crippen LogP contribution in [0.15, 0.2) is 47.5 Å². The summed E-state index contributed by atoms with van der Waals surface area (Å²) in [5, 5.41) is 12.7. The first kappa shape index (κ1) is 22.6. The molecule has 1 unspecified atom stereocenters. The molecule has 1 saturated heterocycles. The molecule has 2 aliphatic heterocycles. The van der Waals surface area contributed by atoms with Gasteiger partial charge in [0.25, 0.3) is 0 Å². The maximum atomic E-state index is 13.3. The van der Waals surface area contributed by atoms with Crippen molar-refractivity contribution in [3.05, 3.63) is 70.3 Å². The van der Waals surface area contributed by atoms with Crippen molar-refractivity contribution >= 4 is 23.2 Å². The number of aliphatic imine (C=N–C) groups is 1. The van der Waals surface area contributed by atoms with E-state index in [9.17, 15) is 4.79 Å². The number of halogens is 1. The first-order valence-electron chi connectivity index (χ1n) is 11.4. The van der Waals surface area contributed by atoms with Crippen molar-refractivity contribution in [3.63, 3.8) is 0 Å². The molecule has 0 bridgehead atoms. The zero-order valence-corrected chi connectivity index (χ0v) is 20.2. The van der Waals surface area contributed by atoms with Crippen molar-refractivity contribution in [2.24, 2.45) is 4.99 Å². The Morgan fingerprint density at radius 3 is 2.71 bits per heavy atom. The summed E-state index contributed by atoms with van der Waals surface area (Å²) in [5.41, 5.74) is 3.46. The van der Waals surface area contributed by atoms with Gasteiger partial charge < -0.3 is 15.0 Å². The van der Waals surface area contributed by atoms with Crippen LogP contribution in [-0.4, -0.2) is 64.6 Å². The number of aryl methyl sites for hydroxylation is 1. The highest BCUT2D eigenvalue weighted by Gasteiger charge is 2.33. The molecule has 34 heavy (non-hydrogen) atoms. The monoisotopic (exact) mass is 478 g/mol. The van der Waals surface area contributed by atoms with Gasteiger partial charge in [-0.1, -0.05) is 23.7 Å². The number of ether oxygens (including phenoxy) is 1. The van der Waals surface area contributed by atoms with E-state index in [4.69, 9.17) is 21.3 Å². The average molecular weight is 479 g/mol. The summed E-state index contributed by atoms with van der Waals surface area (Å²) < 4.78 is 7.52. The molecule has 2 aliphatic rings. The number of hydrogen-bond acceptors (Lipinski definition) is 6. The minimum absolute atomic E-state index is 0.0673. The highest BCUT2D eigenvalue weighted by Crippen LogP contribution is 2.35. The number of carbonyl (C=O) groups excluding carboxylic acids is 1. The van der Waals surface area contributed by atoms with Gasteiger partial charge in [-0.25, -0.2) is 0 Å². The van der Waals surface area contributed by atoms with E-state index in [1.54, 1.807) is 7.11 Å². The summed E-state index contributed by atoms with van der Waals surface area (Å²) in [6.07, 6.45) is 1.17. The molecule has 176 valence electrons. The van der Waals surface area contributed by atoms with Crippen LogP contribution in [0.4, 0.5) is 0 Å².